The summed E-state index contributed by atoms with van der Waals surface area (Å²) in [4.78, 5) is 0. The van der Waals surface area contributed by atoms with Crippen LogP contribution in [0.5, 0.6) is 0 Å². The van der Waals surface area contributed by atoms with Crippen LogP contribution in [0.25, 0.3) is 0 Å². The van der Waals surface area contributed by atoms with Crippen molar-refractivity contribution in [1.29, 1.82) is 0 Å². The Morgan fingerprint density at radius 2 is 1.76 bits per heavy atom. The van der Waals surface area contributed by atoms with Crippen LogP contribution in [-0.2, 0) is 5.41 Å². The maximum atomic E-state index is 5.47. The fourth-order valence-electron chi connectivity index (χ4n) is 1.90. The van der Waals surface area contributed by atoms with Crippen LogP contribution in [0.15, 0.2) is 24.3 Å². The van der Waals surface area contributed by atoms with Gasteiger partial charge in [-0.25, -0.2) is 0 Å². The molecule has 2 nitrogen and oxygen atoms in total. The van der Waals surface area contributed by atoms with Gasteiger partial charge in [-0.2, -0.15) is 0 Å². The van der Waals surface area contributed by atoms with Crippen molar-refractivity contribution in [3.8, 4) is 0 Å². The van der Waals surface area contributed by atoms with Gasteiger partial charge in [0.2, 0.25) is 0 Å². The first kappa shape index (κ1) is 14.2. The van der Waals surface area contributed by atoms with E-state index in [1.165, 1.54) is 17.5 Å². The van der Waals surface area contributed by atoms with E-state index in [-0.39, 0.29) is 5.41 Å². The van der Waals surface area contributed by atoms with E-state index in [1.807, 2.05) is 0 Å². The summed E-state index contributed by atoms with van der Waals surface area (Å²) in [5.74, 6) is 0. The number of benzene rings is 1. The Kier molecular flexibility index (Phi) is 5.66. The Bertz CT molecular complexity index is 314. The van der Waals surface area contributed by atoms with E-state index in [0.717, 1.165) is 26.1 Å². The maximum Gasteiger partial charge on any atom is 0.00431 e. The minimum Gasteiger partial charge on any atom is -0.330 e. The zero-order valence-corrected chi connectivity index (χ0v) is 11.4. The molecule has 1 aromatic carbocycles. The van der Waals surface area contributed by atoms with Gasteiger partial charge in [0, 0.05) is 12.0 Å². The molecule has 1 rings (SSSR count). The zero-order valence-electron chi connectivity index (χ0n) is 11.4. The van der Waals surface area contributed by atoms with Gasteiger partial charge in [-0.3, -0.25) is 0 Å². The van der Waals surface area contributed by atoms with Crippen molar-refractivity contribution in [2.75, 3.05) is 19.6 Å². The largest absolute Gasteiger partial charge is 0.330 e. The van der Waals surface area contributed by atoms with E-state index in [1.54, 1.807) is 0 Å². The highest BCUT2D eigenvalue weighted by atomic mass is 14.9. The minimum absolute atomic E-state index is 0.191. The smallest absolute Gasteiger partial charge is 0.00431 e. The van der Waals surface area contributed by atoms with Gasteiger partial charge in [0.15, 0.2) is 0 Å². The normalized spacial score (nSPS) is 11.8. The summed E-state index contributed by atoms with van der Waals surface area (Å²) >= 11 is 0. The second kappa shape index (κ2) is 6.77. The predicted octanol–water partition coefficient (Wildman–Crippen LogP) is 2.60. The van der Waals surface area contributed by atoms with Crippen LogP contribution in [0.3, 0.4) is 0 Å². The van der Waals surface area contributed by atoms with Crippen LogP contribution in [0.1, 0.15) is 37.8 Å². The summed E-state index contributed by atoms with van der Waals surface area (Å²) in [7, 11) is 0. The molecule has 2 heteroatoms. The minimum atomic E-state index is 0.191. The average molecular weight is 234 g/mol. The summed E-state index contributed by atoms with van der Waals surface area (Å²) in [5, 5.41) is 3.52. The lowest BCUT2D eigenvalue weighted by molar-refractivity contribution is 0.464. The van der Waals surface area contributed by atoms with E-state index >= 15 is 0 Å². The van der Waals surface area contributed by atoms with Crippen LogP contribution in [0, 0.1) is 6.92 Å². The van der Waals surface area contributed by atoms with Crippen LogP contribution in [-0.4, -0.2) is 19.6 Å². The molecule has 0 radical (unpaired) electrons. The Morgan fingerprint density at radius 1 is 1.12 bits per heavy atom. The van der Waals surface area contributed by atoms with E-state index in [0.29, 0.717) is 0 Å². The summed E-state index contributed by atoms with van der Waals surface area (Å²) in [6.45, 7) is 9.57. The molecule has 96 valence electrons. The third-order valence-electron chi connectivity index (χ3n) is 3.21. The molecule has 0 aromatic heterocycles. The van der Waals surface area contributed by atoms with Crippen molar-refractivity contribution in [2.24, 2.45) is 5.73 Å². The van der Waals surface area contributed by atoms with Crippen molar-refractivity contribution in [2.45, 2.75) is 39.0 Å². The second-order valence-electron chi connectivity index (χ2n) is 5.42. The van der Waals surface area contributed by atoms with Gasteiger partial charge in [-0.1, -0.05) is 43.7 Å². The molecule has 17 heavy (non-hydrogen) atoms. The van der Waals surface area contributed by atoms with Crippen molar-refractivity contribution < 1.29 is 0 Å². The zero-order chi connectivity index (χ0) is 12.7. The number of aryl methyl sites for hydroxylation is 1. The summed E-state index contributed by atoms with van der Waals surface area (Å²) in [6, 6.07) is 8.84. The van der Waals surface area contributed by atoms with E-state index < -0.39 is 0 Å². The van der Waals surface area contributed by atoms with Crippen LogP contribution in [0.2, 0.25) is 0 Å². The Labute approximate surface area is 106 Å². The maximum absolute atomic E-state index is 5.47. The summed E-state index contributed by atoms with van der Waals surface area (Å²) in [6.07, 6.45) is 2.28. The lowest BCUT2D eigenvalue weighted by atomic mass is 9.84. The molecule has 0 aliphatic rings. The third-order valence-corrected chi connectivity index (χ3v) is 3.21. The molecule has 0 atom stereocenters. The Morgan fingerprint density at radius 3 is 2.35 bits per heavy atom. The molecular formula is C15H26N2. The number of rotatable bonds is 7. The molecule has 0 saturated heterocycles. The lowest BCUT2D eigenvalue weighted by Gasteiger charge is -2.26. The van der Waals surface area contributed by atoms with Crippen molar-refractivity contribution >= 4 is 0 Å². The van der Waals surface area contributed by atoms with E-state index in [2.05, 4.69) is 50.4 Å². The van der Waals surface area contributed by atoms with Gasteiger partial charge >= 0.3 is 0 Å². The van der Waals surface area contributed by atoms with Crippen LogP contribution >= 0.6 is 0 Å². The van der Waals surface area contributed by atoms with Gasteiger partial charge < -0.3 is 11.1 Å². The number of nitrogens with two attached hydrogens (primary N) is 1. The molecule has 0 heterocycles. The first-order valence-corrected chi connectivity index (χ1v) is 6.54. The SMILES string of the molecule is Cc1ccc(C(C)(C)CNCCCCN)cc1. The summed E-state index contributed by atoms with van der Waals surface area (Å²) < 4.78 is 0. The highest BCUT2D eigenvalue weighted by Gasteiger charge is 2.19. The van der Waals surface area contributed by atoms with Crippen LogP contribution in [0.4, 0.5) is 0 Å². The quantitative estimate of drug-likeness (QED) is 0.712. The fourth-order valence-corrected chi connectivity index (χ4v) is 1.90. The predicted molar refractivity (Wildman–Crippen MR) is 75.4 cm³/mol. The van der Waals surface area contributed by atoms with Crippen molar-refractivity contribution in [3.05, 3.63) is 35.4 Å². The topological polar surface area (TPSA) is 38.0 Å². The first-order chi connectivity index (χ1) is 8.06. The molecule has 0 fully saturated rings. The van der Waals surface area contributed by atoms with Gasteiger partial charge in [-0.05, 0) is 38.4 Å². The summed E-state index contributed by atoms with van der Waals surface area (Å²) in [5.41, 5.74) is 8.38. The average Bonchev–Trinajstić information content (AvgIpc) is 2.29. The molecule has 0 aliphatic heterocycles. The highest BCUT2D eigenvalue weighted by molar-refractivity contribution is 5.27. The molecule has 0 spiro atoms. The van der Waals surface area contributed by atoms with Gasteiger partial charge in [0.05, 0.1) is 0 Å². The van der Waals surface area contributed by atoms with Crippen LogP contribution < -0.4 is 11.1 Å². The Balaban J connectivity index is 2.42. The molecule has 0 bridgehead atoms. The number of hydrogen-bond acceptors (Lipinski definition) is 2. The first-order valence-electron chi connectivity index (χ1n) is 6.54. The number of hydrogen-bond donors (Lipinski definition) is 2. The molecule has 3 N–H and O–H groups in total. The molecule has 0 unspecified atom stereocenters. The van der Waals surface area contributed by atoms with E-state index in [9.17, 15) is 0 Å². The third kappa shape index (κ3) is 4.88. The van der Waals surface area contributed by atoms with E-state index in [4.69, 9.17) is 5.73 Å². The number of nitrogens with one attached hydrogen (secondary N) is 1. The Hall–Kier alpha value is -0.860. The highest BCUT2D eigenvalue weighted by Crippen LogP contribution is 2.22. The van der Waals surface area contributed by atoms with Gasteiger partial charge in [0.25, 0.3) is 0 Å². The second-order valence-corrected chi connectivity index (χ2v) is 5.42. The molecular weight excluding hydrogens is 208 g/mol. The van der Waals surface area contributed by atoms with Gasteiger partial charge in [0.1, 0.15) is 0 Å². The lowest BCUT2D eigenvalue weighted by Crippen LogP contribution is -2.33. The van der Waals surface area contributed by atoms with Crippen molar-refractivity contribution in [1.82, 2.24) is 5.32 Å². The fraction of sp³-hybridized carbons (Fsp3) is 0.600. The molecule has 0 amide bonds. The van der Waals surface area contributed by atoms with Gasteiger partial charge in [-0.15, -0.1) is 0 Å². The number of unbranched alkanes of at least 4 members (excludes halogenated alkanes) is 1. The molecule has 0 aliphatic carbocycles. The monoisotopic (exact) mass is 234 g/mol. The van der Waals surface area contributed by atoms with Crippen molar-refractivity contribution in [3.63, 3.8) is 0 Å². The molecule has 0 saturated carbocycles. The standard InChI is InChI=1S/C15H26N2/c1-13-6-8-14(9-7-13)15(2,3)12-17-11-5-4-10-16/h6-9,17H,4-5,10-12,16H2,1-3H3. The molecule has 1 aromatic rings.